The van der Waals surface area contributed by atoms with Gasteiger partial charge < -0.3 is 28.7 Å². The molecule has 2 heterocycles. The number of nitrogens with one attached hydrogen (secondary N) is 1. The van der Waals surface area contributed by atoms with Crippen molar-refractivity contribution in [3.05, 3.63) is 70.5 Å². The smallest absolute Gasteiger partial charge is 0.382 e. The summed E-state index contributed by atoms with van der Waals surface area (Å²) in [6.45, 7) is 4.77. The highest BCUT2D eigenvalue weighted by Gasteiger charge is 2.22. The molecule has 0 aliphatic carbocycles. The minimum Gasteiger partial charge on any atom is -0.409 e. The maximum absolute atomic E-state index is 12.8. The largest absolute Gasteiger partial charge is 0.409 e. The van der Waals surface area contributed by atoms with Gasteiger partial charge in [0, 0.05) is 30.0 Å². The van der Waals surface area contributed by atoms with Gasteiger partial charge in [0.2, 0.25) is 0 Å². The molecule has 1 aliphatic rings. The minimum atomic E-state index is -3.42. The third kappa shape index (κ3) is 9.53. The van der Waals surface area contributed by atoms with Crippen molar-refractivity contribution in [1.29, 1.82) is 0 Å². The van der Waals surface area contributed by atoms with E-state index in [-0.39, 0.29) is 44.4 Å². The highest BCUT2D eigenvalue weighted by molar-refractivity contribution is 7.57. The van der Waals surface area contributed by atoms with Crippen LogP contribution in [0.15, 0.2) is 59.3 Å². The summed E-state index contributed by atoms with van der Waals surface area (Å²) < 4.78 is 35.9. The third-order valence-corrected chi connectivity index (χ3v) is 7.04. The molecule has 202 valence electrons. The molecule has 2 aromatic rings. The van der Waals surface area contributed by atoms with E-state index in [0.29, 0.717) is 12.2 Å². The molecular formula is C25H34N3O8P. The topological polar surface area (TPSA) is 127 Å². The van der Waals surface area contributed by atoms with Gasteiger partial charge in [-0.1, -0.05) is 24.3 Å². The highest BCUT2D eigenvalue weighted by Crippen LogP contribution is 2.49. The number of amides is 1. The van der Waals surface area contributed by atoms with Crippen molar-refractivity contribution < 1.29 is 32.7 Å². The van der Waals surface area contributed by atoms with Crippen molar-refractivity contribution >= 4 is 19.3 Å². The lowest BCUT2D eigenvalue weighted by Gasteiger charge is -2.24. The van der Waals surface area contributed by atoms with E-state index in [9.17, 15) is 14.2 Å². The average Bonchev–Trinajstić information content (AvgIpc) is 2.90. The summed E-state index contributed by atoms with van der Waals surface area (Å²) in [5.41, 5.74) is -0.267. The van der Waals surface area contributed by atoms with Crippen molar-refractivity contribution in [3.63, 3.8) is 0 Å². The molecule has 1 aromatic carbocycles. The van der Waals surface area contributed by atoms with Crippen LogP contribution in [0.5, 0.6) is 0 Å². The Labute approximate surface area is 216 Å². The van der Waals surface area contributed by atoms with Crippen LogP contribution in [0.1, 0.15) is 43.5 Å². The molecule has 1 saturated heterocycles. The van der Waals surface area contributed by atoms with Crippen molar-refractivity contribution in [1.82, 2.24) is 9.71 Å². The molecule has 1 aromatic heterocycles. The molecule has 3 rings (SSSR count). The number of carbonyl (C=O) groups is 1. The summed E-state index contributed by atoms with van der Waals surface area (Å²) >= 11 is 0. The lowest BCUT2D eigenvalue weighted by atomic mass is 10.2. The Kier molecular flexibility index (Phi) is 11.5. The first-order valence-electron chi connectivity index (χ1n) is 12.3. The Balaban J connectivity index is 1.65. The predicted octanol–water partition coefficient (Wildman–Crippen LogP) is 3.86. The number of benzene rings is 1. The van der Waals surface area contributed by atoms with E-state index in [4.69, 9.17) is 23.4 Å². The Morgan fingerprint density at radius 2 is 1.95 bits per heavy atom. The normalized spacial score (nSPS) is 17.0. The number of anilines is 1. The predicted molar refractivity (Wildman–Crippen MR) is 137 cm³/mol. The first kappa shape index (κ1) is 28.7. The van der Waals surface area contributed by atoms with Crippen LogP contribution in [0.25, 0.3) is 0 Å². The molecule has 1 amide bonds. The van der Waals surface area contributed by atoms with E-state index in [1.54, 1.807) is 50.3 Å². The van der Waals surface area contributed by atoms with Gasteiger partial charge >= 0.3 is 13.3 Å². The third-order valence-electron chi connectivity index (χ3n) is 5.27. The zero-order valence-corrected chi connectivity index (χ0v) is 22.0. The Morgan fingerprint density at radius 1 is 1.19 bits per heavy atom. The van der Waals surface area contributed by atoms with Gasteiger partial charge in [-0.05, 0) is 45.2 Å². The monoisotopic (exact) mass is 535 g/mol. The first-order chi connectivity index (χ1) is 17.9. The van der Waals surface area contributed by atoms with E-state index in [1.165, 1.54) is 18.1 Å². The highest BCUT2D eigenvalue weighted by atomic mass is 31.2. The number of hydrogen-bond acceptors (Lipinski definition) is 9. The van der Waals surface area contributed by atoms with E-state index in [0.717, 1.165) is 24.0 Å². The second-order valence-corrected chi connectivity index (χ2v) is 10.0. The van der Waals surface area contributed by atoms with Gasteiger partial charge in [-0.3, -0.25) is 9.36 Å². The Morgan fingerprint density at radius 3 is 2.59 bits per heavy atom. The van der Waals surface area contributed by atoms with E-state index >= 15 is 0 Å². The van der Waals surface area contributed by atoms with Crippen LogP contribution in [0.3, 0.4) is 0 Å². The molecule has 0 radical (unpaired) electrons. The van der Waals surface area contributed by atoms with Crippen molar-refractivity contribution in [2.45, 2.75) is 39.4 Å². The van der Waals surface area contributed by atoms with Crippen LogP contribution in [0.4, 0.5) is 5.82 Å². The van der Waals surface area contributed by atoms with Crippen molar-refractivity contribution in [2.24, 2.45) is 5.92 Å². The quantitative estimate of drug-likeness (QED) is 0.359. The van der Waals surface area contributed by atoms with E-state index < -0.39 is 19.2 Å². The average molecular weight is 536 g/mol. The molecule has 0 unspecified atom stereocenters. The van der Waals surface area contributed by atoms with Crippen LogP contribution in [0, 0.1) is 5.92 Å². The van der Waals surface area contributed by atoms with Gasteiger partial charge in [0.1, 0.15) is 12.4 Å². The molecule has 1 N–H and O–H groups in total. The first-order valence-corrected chi connectivity index (χ1v) is 13.9. The van der Waals surface area contributed by atoms with Crippen molar-refractivity contribution in [2.75, 3.05) is 38.4 Å². The zero-order valence-electron chi connectivity index (χ0n) is 21.1. The van der Waals surface area contributed by atoms with Crippen molar-refractivity contribution in [3.8, 4) is 0 Å². The number of nitrogens with zero attached hydrogens (tertiary/aromatic N) is 2. The second kappa shape index (κ2) is 14.8. The van der Waals surface area contributed by atoms with Gasteiger partial charge in [0.15, 0.2) is 6.29 Å². The maximum Gasteiger partial charge on any atom is 0.382 e. The number of hydrogen-bond donors (Lipinski definition) is 1. The summed E-state index contributed by atoms with van der Waals surface area (Å²) in [5.74, 6) is 0.709. The van der Waals surface area contributed by atoms with Crippen LogP contribution in [-0.2, 0) is 23.1 Å². The van der Waals surface area contributed by atoms with Gasteiger partial charge in [-0.15, -0.1) is 4.73 Å². The molecule has 37 heavy (non-hydrogen) atoms. The molecule has 12 heteroatoms. The molecule has 11 nitrogen and oxygen atoms in total. The SMILES string of the molecule is CCOP(=O)(/C=C/[C@@H](CO[C@@H]1CCCCO1)COn1ccc(NC(=O)c2ccccc2)nc1=O)OCC. The molecule has 0 bridgehead atoms. The fourth-order valence-electron chi connectivity index (χ4n) is 3.46. The number of aromatic nitrogens is 2. The van der Waals surface area contributed by atoms with Gasteiger partial charge in [-0.2, -0.15) is 4.98 Å². The fourth-order valence-corrected chi connectivity index (χ4v) is 4.88. The van der Waals surface area contributed by atoms with Crippen LogP contribution < -0.4 is 15.8 Å². The van der Waals surface area contributed by atoms with Gasteiger partial charge in [-0.25, -0.2) is 4.79 Å². The summed E-state index contributed by atoms with van der Waals surface area (Å²) in [6, 6.07) is 10.1. The Bertz CT molecular complexity index is 1110. The zero-order chi connectivity index (χ0) is 26.5. The summed E-state index contributed by atoms with van der Waals surface area (Å²) in [4.78, 5) is 34.3. The summed E-state index contributed by atoms with van der Waals surface area (Å²) in [5, 5.41) is 2.59. The summed E-state index contributed by atoms with van der Waals surface area (Å²) in [6.07, 6.45) is 5.48. The Hall–Kier alpha value is -2.82. The standard InChI is InChI=1S/C25H34N3O8P/c1-3-35-37(31,36-4-2)17-14-20(18-33-23-12-8-9-16-32-23)19-34-28-15-13-22(27-25(28)30)26-24(29)21-10-6-5-7-11-21/h5-7,10-11,13-15,17,20,23H,3-4,8-9,12,16,18-19H2,1-2H3,(H,26,27,29,30)/b17-14+/t20-,23+/m0/s1. The minimum absolute atomic E-state index is 0.0127. The molecule has 0 saturated carbocycles. The fraction of sp³-hybridized carbons (Fsp3) is 0.480. The molecule has 1 aliphatic heterocycles. The number of rotatable bonds is 14. The number of ether oxygens (including phenoxy) is 2. The molecule has 0 spiro atoms. The maximum atomic E-state index is 12.8. The van der Waals surface area contributed by atoms with Crippen LogP contribution >= 0.6 is 7.60 Å². The lowest BCUT2D eigenvalue weighted by molar-refractivity contribution is -0.169. The summed E-state index contributed by atoms with van der Waals surface area (Å²) in [7, 11) is -3.42. The lowest BCUT2D eigenvalue weighted by Crippen LogP contribution is -2.33. The van der Waals surface area contributed by atoms with Crippen LogP contribution in [-0.4, -0.2) is 54.9 Å². The molecule has 1 fully saturated rings. The van der Waals surface area contributed by atoms with Gasteiger partial charge in [0.25, 0.3) is 5.91 Å². The van der Waals surface area contributed by atoms with E-state index in [1.807, 2.05) is 0 Å². The number of carbonyl (C=O) groups excluding carboxylic acids is 1. The second-order valence-electron chi connectivity index (χ2n) is 8.14. The van der Waals surface area contributed by atoms with Crippen LogP contribution in [0.2, 0.25) is 0 Å². The molecular weight excluding hydrogens is 501 g/mol. The molecule has 2 atom stereocenters. The van der Waals surface area contributed by atoms with E-state index in [2.05, 4.69) is 10.3 Å². The van der Waals surface area contributed by atoms with Gasteiger partial charge in [0.05, 0.1) is 26.0 Å².